The Morgan fingerprint density at radius 3 is 2.76 bits per heavy atom. The van der Waals surface area contributed by atoms with Gasteiger partial charge in [-0.15, -0.1) is 11.3 Å². The summed E-state index contributed by atoms with van der Waals surface area (Å²) in [5, 5.41) is 7.31. The number of nitrogens with one attached hydrogen (secondary N) is 2. The first kappa shape index (κ1) is 17.2. The summed E-state index contributed by atoms with van der Waals surface area (Å²) in [6.07, 6.45) is 0. The third kappa shape index (κ3) is 3.17. The standard InChI is InChI=1S/C17H19N3O4S/c1-10-7-13(11(2)24-10)17(3)15(22)20(16(23)19-17)9-14(21)18-8-12-5-4-6-25-12/h4-7H,8-9H2,1-3H3,(H,18,21)(H,19,23). The number of thiophene rings is 1. The van der Waals surface area contributed by atoms with E-state index in [1.54, 1.807) is 26.8 Å². The summed E-state index contributed by atoms with van der Waals surface area (Å²) in [7, 11) is 0. The van der Waals surface area contributed by atoms with Crippen LogP contribution in [0.3, 0.4) is 0 Å². The Labute approximate surface area is 149 Å². The summed E-state index contributed by atoms with van der Waals surface area (Å²) >= 11 is 1.52. The largest absolute Gasteiger partial charge is 0.466 e. The lowest BCUT2D eigenvalue weighted by molar-refractivity contribution is -0.134. The number of amides is 4. The first-order chi connectivity index (χ1) is 11.8. The van der Waals surface area contributed by atoms with E-state index in [-0.39, 0.29) is 12.5 Å². The van der Waals surface area contributed by atoms with Crippen LogP contribution in [0.5, 0.6) is 0 Å². The Morgan fingerprint density at radius 2 is 2.16 bits per heavy atom. The van der Waals surface area contributed by atoms with Crippen molar-refractivity contribution in [3.63, 3.8) is 0 Å². The van der Waals surface area contributed by atoms with Gasteiger partial charge in [0.05, 0.1) is 6.54 Å². The average Bonchev–Trinajstić information content (AvgIpc) is 3.23. The van der Waals surface area contributed by atoms with Crippen molar-refractivity contribution in [2.24, 2.45) is 0 Å². The van der Waals surface area contributed by atoms with Gasteiger partial charge < -0.3 is 15.1 Å². The van der Waals surface area contributed by atoms with E-state index in [2.05, 4.69) is 10.6 Å². The average molecular weight is 361 g/mol. The minimum Gasteiger partial charge on any atom is -0.466 e. The van der Waals surface area contributed by atoms with Crippen molar-refractivity contribution >= 4 is 29.2 Å². The monoisotopic (exact) mass is 361 g/mol. The molecular weight excluding hydrogens is 342 g/mol. The molecule has 1 saturated heterocycles. The fraction of sp³-hybridized carbons (Fsp3) is 0.353. The van der Waals surface area contributed by atoms with Crippen molar-refractivity contribution in [3.8, 4) is 0 Å². The second-order valence-corrected chi connectivity index (χ2v) is 7.16. The molecule has 1 aliphatic heterocycles. The van der Waals surface area contributed by atoms with E-state index < -0.39 is 17.5 Å². The highest BCUT2D eigenvalue weighted by Crippen LogP contribution is 2.32. The number of urea groups is 1. The van der Waals surface area contributed by atoms with Crippen molar-refractivity contribution in [3.05, 3.63) is 45.5 Å². The van der Waals surface area contributed by atoms with Gasteiger partial charge in [-0.2, -0.15) is 0 Å². The van der Waals surface area contributed by atoms with Crippen LogP contribution in [0, 0.1) is 13.8 Å². The molecule has 2 aromatic rings. The van der Waals surface area contributed by atoms with Crippen molar-refractivity contribution in [2.75, 3.05) is 6.54 Å². The molecule has 1 aliphatic rings. The Bertz CT molecular complexity index is 827. The fourth-order valence-corrected chi connectivity index (χ4v) is 3.59. The molecule has 2 aromatic heterocycles. The molecule has 3 rings (SSSR count). The van der Waals surface area contributed by atoms with E-state index in [1.165, 1.54) is 11.3 Å². The molecule has 0 radical (unpaired) electrons. The Morgan fingerprint density at radius 1 is 1.40 bits per heavy atom. The van der Waals surface area contributed by atoms with Crippen LogP contribution in [-0.2, 0) is 21.7 Å². The molecule has 132 valence electrons. The van der Waals surface area contributed by atoms with Crippen molar-refractivity contribution in [1.82, 2.24) is 15.5 Å². The second kappa shape index (κ2) is 6.36. The van der Waals surface area contributed by atoms with Crippen LogP contribution in [0.15, 0.2) is 28.0 Å². The predicted octanol–water partition coefficient (Wildman–Crippen LogP) is 2.04. The minimum absolute atomic E-state index is 0.318. The quantitative estimate of drug-likeness (QED) is 0.797. The summed E-state index contributed by atoms with van der Waals surface area (Å²) < 4.78 is 5.47. The molecule has 0 aromatic carbocycles. The number of aryl methyl sites for hydroxylation is 2. The summed E-state index contributed by atoms with van der Waals surface area (Å²) in [6, 6.07) is 4.94. The highest BCUT2D eigenvalue weighted by atomic mass is 32.1. The summed E-state index contributed by atoms with van der Waals surface area (Å²) in [6.45, 7) is 5.19. The number of furan rings is 1. The Kier molecular flexibility index (Phi) is 4.38. The molecule has 8 heteroatoms. The van der Waals surface area contributed by atoms with Crippen LogP contribution in [-0.4, -0.2) is 29.3 Å². The van der Waals surface area contributed by atoms with Gasteiger partial charge in [0.1, 0.15) is 23.6 Å². The highest BCUT2D eigenvalue weighted by molar-refractivity contribution is 7.09. The van der Waals surface area contributed by atoms with Gasteiger partial charge in [0, 0.05) is 10.4 Å². The third-order valence-corrected chi connectivity index (χ3v) is 5.07. The molecule has 1 atom stereocenters. The van der Waals surface area contributed by atoms with Gasteiger partial charge in [0.15, 0.2) is 0 Å². The van der Waals surface area contributed by atoms with Crippen molar-refractivity contribution < 1.29 is 18.8 Å². The topological polar surface area (TPSA) is 91.7 Å². The molecule has 4 amide bonds. The van der Waals surface area contributed by atoms with E-state index in [0.29, 0.717) is 23.6 Å². The van der Waals surface area contributed by atoms with Gasteiger partial charge in [-0.3, -0.25) is 14.5 Å². The van der Waals surface area contributed by atoms with Crippen LogP contribution in [0.4, 0.5) is 4.79 Å². The first-order valence-electron chi connectivity index (χ1n) is 7.82. The number of carbonyl (C=O) groups excluding carboxylic acids is 3. The van der Waals surface area contributed by atoms with Crippen molar-refractivity contribution in [1.29, 1.82) is 0 Å². The van der Waals surface area contributed by atoms with Gasteiger partial charge in [-0.1, -0.05) is 6.07 Å². The van der Waals surface area contributed by atoms with E-state index in [0.717, 1.165) is 9.78 Å². The highest BCUT2D eigenvalue weighted by Gasteiger charge is 2.51. The molecule has 2 N–H and O–H groups in total. The van der Waals surface area contributed by atoms with Gasteiger partial charge >= 0.3 is 6.03 Å². The molecule has 0 spiro atoms. The number of nitrogens with zero attached hydrogens (tertiary/aromatic N) is 1. The third-order valence-electron chi connectivity index (χ3n) is 4.20. The molecule has 0 bridgehead atoms. The molecule has 1 fully saturated rings. The normalized spacial score (nSPS) is 20.0. The number of hydrogen-bond acceptors (Lipinski definition) is 5. The zero-order valence-corrected chi connectivity index (χ0v) is 15.0. The van der Waals surface area contributed by atoms with E-state index in [1.807, 2.05) is 17.5 Å². The summed E-state index contributed by atoms with van der Waals surface area (Å²) in [4.78, 5) is 39.1. The smallest absolute Gasteiger partial charge is 0.325 e. The van der Waals surface area contributed by atoms with Crippen molar-refractivity contribution in [2.45, 2.75) is 32.9 Å². The number of rotatable bonds is 5. The van der Waals surface area contributed by atoms with Crippen LogP contribution >= 0.6 is 11.3 Å². The predicted molar refractivity (Wildman–Crippen MR) is 91.9 cm³/mol. The number of hydrogen-bond donors (Lipinski definition) is 2. The number of imide groups is 1. The van der Waals surface area contributed by atoms with Gasteiger partial charge in [-0.05, 0) is 38.3 Å². The zero-order valence-electron chi connectivity index (χ0n) is 14.2. The SMILES string of the molecule is Cc1cc(C2(C)NC(=O)N(CC(=O)NCc3cccs3)C2=O)c(C)o1. The molecule has 0 saturated carbocycles. The van der Waals surface area contributed by atoms with E-state index in [9.17, 15) is 14.4 Å². The molecular formula is C17H19N3O4S. The zero-order chi connectivity index (χ0) is 18.2. The summed E-state index contributed by atoms with van der Waals surface area (Å²) in [5.41, 5.74) is -0.628. The number of carbonyl (C=O) groups is 3. The fourth-order valence-electron chi connectivity index (χ4n) is 2.95. The maximum atomic E-state index is 12.8. The summed E-state index contributed by atoms with van der Waals surface area (Å²) in [5.74, 6) is 0.370. The van der Waals surface area contributed by atoms with Crippen LogP contribution in [0.25, 0.3) is 0 Å². The molecule has 1 unspecified atom stereocenters. The Balaban J connectivity index is 1.70. The lowest BCUT2D eigenvalue weighted by Crippen LogP contribution is -2.43. The van der Waals surface area contributed by atoms with Crippen LogP contribution in [0.2, 0.25) is 0 Å². The van der Waals surface area contributed by atoms with Gasteiger partial charge in [-0.25, -0.2) is 4.79 Å². The Hall–Kier alpha value is -2.61. The second-order valence-electron chi connectivity index (χ2n) is 6.13. The molecule has 0 aliphatic carbocycles. The van der Waals surface area contributed by atoms with E-state index >= 15 is 0 Å². The first-order valence-corrected chi connectivity index (χ1v) is 8.70. The molecule has 25 heavy (non-hydrogen) atoms. The van der Waals surface area contributed by atoms with E-state index in [4.69, 9.17) is 4.42 Å². The van der Waals surface area contributed by atoms with Crippen LogP contribution < -0.4 is 10.6 Å². The van der Waals surface area contributed by atoms with Gasteiger partial charge in [0.25, 0.3) is 5.91 Å². The molecule has 7 nitrogen and oxygen atoms in total. The van der Waals surface area contributed by atoms with Gasteiger partial charge in [0.2, 0.25) is 5.91 Å². The lowest BCUT2D eigenvalue weighted by Gasteiger charge is -2.21. The molecule has 3 heterocycles. The maximum Gasteiger partial charge on any atom is 0.325 e. The minimum atomic E-state index is -1.23. The maximum absolute atomic E-state index is 12.8. The lowest BCUT2D eigenvalue weighted by atomic mass is 9.92. The van der Waals surface area contributed by atoms with Crippen LogP contribution in [0.1, 0.15) is 28.9 Å².